The zero-order valence-electron chi connectivity index (χ0n) is 9.75. The van der Waals surface area contributed by atoms with Crippen LogP contribution < -0.4 is 0 Å². The van der Waals surface area contributed by atoms with Crippen LogP contribution in [0.1, 0.15) is 25.3 Å². The monoisotopic (exact) mass is 315 g/mol. The Bertz CT molecular complexity index is 435. The Morgan fingerprint density at radius 3 is 2.94 bits per heavy atom. The molecule has 0 aliphatic carbocycles. The van der Waals surface area contributed by atoms with Crippen molar-refractivity contribution < 1.29 is 4.79 Å². The van der Waals surface area contributed by atoms with Crippen LogP contribution in [0.4, 0.5) is 0 Å². The van der Waals surface area contributed by atoms with Gasteiger partial charge in [-0.1, -0.05) is 17.7 Å². The Morgan fingerprint density at radius 2 is 2.35 bits per heavy atom. The molecule has 0 saturated carbocycles. The van der Waals surface area contributed by atoms with Gasteiger partial charge in [0.05, 0.1) is 11.4 Å². The predicted molar refractivity (Wildman–Crippen MR) is 73.3 cm³/mol. The minimum Gasteiger partial charge on any atom is -0.340 e. The first kappa shape index (κ1) is 12.9. The molecule has 92 valence electrons. The molecule has 0 N–H and O–H groups in total. The van der Waals surface area contributed by atoms with Gasteiger partial charge in [-0.2, -0.15) is 0 Å². The Morgan fingerprint density at radius 1 is 1.59 bits per heavy atom. The van der Waals surface area contributed by atoms with Crippen molar-refractivity contribution in [2.45, 2.75) is 32.2 Å². The van der Waals surface area contributed by atoms with Crippen LogP contribution in [0.3, 0.4) is 0 Å². The standard InChI is InChI=1S/C13H15BrClNO/c1-9-3-2-6-16(9)13(17)8-10-4-5-12(15)11(14)7-10/h4-5,7,9H,2-3,6,8H2,1H3. The van der Waals surface area contributed by atoms with E-state index < -0.39 is 0 Å². The van der Waals surface area contributed by atoms with Crippen molar-refractivity contribution in [1.29, 1.82) is 0 Å². The van der Waals surface area contributed by atoms with Gasteiger partial charge < -0.3 is 4.90 Å². The van der Waals surface area contributed by atoms with Gasteiger partial charge in [-0.25, -0.2) is 0 Å². The molecule has 1 fully saturated rings. The van der Waals surface area contributed by atoms with Crippen LogP contribution in [-0.2, 0) is 11.2 Å². The van der Waals surface area contributed by atoms with Crippen molar-refractivity contribution in [1.82, 2.24) is 4.90 Å². The molecule has 0 aromatic heterocycles. The fraction of sp³-hybridized carbons (Fsp3) is 0.462. The van der Waals surface area contributed by atoms with Crippen molar-refractivity contribution in [3.63, 3.8) is 0 Å². The lowest BCUT2D eigenvalue weighted by Crippen LogP contribution is -2.34. The summed E-state index contributed by atoms with van der Waals surface area (Å²) in [5.41, 5.74) is 1.00. The van der Waals surface area contributed by atoms with E-state index in [1.54, 1.807) is 0 Å². The summed E-state index contributed by atoms with van der Waals surface area (Å²) in [5.74, 6) is 0.212. The lowest BCUT2D eigenvalue weighted by Gasteiger charge is -2.21. The molecule has 17 heavy (non-hydrogen) atoms. The van der Waals surface area contributed by atoms with E-state index in [1.165, 1.54) is 0 Å². The van der Waals surface area contributed by atoms with Gasteiger partial charge in [0.15, 0.2) is 0 Å². The van der Waals surface area contributed by atoms with Gasteiger partial charge in [0.1, 0.15) is 0 Å². The fourth-order valence-corrected chi connectivity index (χ4v) is 2.77. The molecule has 1 amide bonds. The molecule has 1 atom stereocenters. The highest BCUT2D eigenvalue weighted by molar-refractivity contribution is 9.10. The van der Waals surface area contributed by atoms with E-state index in [9.17, 15) is 4.79 Å². The maximum Gasteiger partial charge on any atom is 0.227 e. The number of likely N-dealkylation sites (tertiary alicyclic amines) is 1. The Kier molecular flexibility index (Phi) is 4.10. The van der Waals surface area contributed by atoms with E-state index in [0.29, 0.717) is 17.5 Å². The normalized spacial score (nSPS) is 19.7. The first-order valence-electron chi connectivity index (χ1n) is 5.81. The second-order valence-corrected chi connectivity index (χ2v) is 5.77. The van der Waals surface area contributed by atoms with E-state index >= 15 is 0 Å². The molecule has 1 unspecified atom stereocenters. The smallest absolute Gasteiger partial charge is 0.227 e. The van der Waals surface area contributed by atoms with E-state index in [2.05, 4.69) is 22.9 Å². The van der Waals surface area contributed by atoms with Crippen molar-refractivity contribution in [3.05, 3.63) is 33.3 Å². The number of carbonyl (C=O) groups is 1. The van der Waals surface area contributed by atoms with Crippen molar-refractivity contribution in [2.75, 3.05) is 6.54 Å². The molecule has 2 nitrogen and oxygen atoms in total. The van der Waals surface area contributed by atoms with Crippen molar-refractivity contribution >= 4 is 33.4 Å². The number of rotatable bonds is 2. The summed E-state index contributed by atoms with van der Waals surface area (Å²) in [6.45, 7) is 3.01. The maximum atomic E-state index is 12.1. The molecule has 4 heteroatoms. The summed E-state index contributed by atoms with van der Waals surface area (Å²) >= 11 is 9.30. The highest BCUT2D eigenvalue weighted by atomic mass is 79.9. The minimum absolute atomic E-state index is 0.212. The molecule has 0 bridgehead atoms. The van der Waals surface area contributed by atoms with Crippen LogP contribution in [-0.4, -0.2) is 23.4 Å². The van der Waals surface area contributed by atoms with Crippen LogP contribution in [0.15, 0.2) is 22.7 Å². The molecule has 1 aliphatic heterocycles. The summed E-state index contributed by atoms with van der Waals surface area (Å²) < 4.78 is 0.846. The molecule has 1 saturated heterocycles. The Labute approximate surface area is 115 Å². The number of halogens is 2. The molecule has 0 radical (unpaired) electrons. The van der Waals surface area contributed by atoms with Crippen molar-refractivity contribution in [2.24, 2.45) is 0 Å². The molecule has 1 aliphatic rings. The predicted octanol–water partition coefficient (Wildman–Crippen LogP) is 3.66. The van der Waals surface area contributed by atoms with E-state index in [1.807, 2.05) is 23.1 Å². The van der Waals surface area contributed by atoms with E-state index in [-0.39, 0.29) is 5.91 Å². The number of hydrogen-bond acceptors (Lipinski definition) is 1. The highest BCUT2D eigenvalue weighted by Crippen LogP contribution is 2.24. The van der Waals surface area contributed by atoms with Gasteiger partial charge in [0.25, 0.3) is 0 Å². The second-order valence-electron chi connectivity index (χ2n) is 4.50. The molecular weight excluding hydrogens is 302 g/mol. The number of hydrogen-bond donors (Lipinski definition) is 0. The topological polar surface area (TPSA) is 20.3 Å². The molecule has 1 aromatic carbocycles. The third-order valence-electron chi connectivity index (χ3n) is 3.21. The van der Waals surface area contributed by atoms with Gasteiger partial charge in [-0.05, 0) is 53.4 Å². The fourth-order valence-electron chi connectivity index (χ4n) is 2.23. The molecule has 1 aromatic rings. The van der Waals surface area contributed by atoms with Gasteiger partial charge in [0, 0.05) is 17.1 Å². The Balaban J connectivity index is 2.05. The van der Waals surface area contributed by atoms with Crippen LogP contribution in [0.5, 0.6) is 0 Å². The van der Waals surface area contributed by atoms with Crippen LogP contribution in [0.2, 0.25) is 5.02 Å². The summed E-state index contributed by atoms with van der Waals surface area (Å²) in [6, 6.07) is 6.03. The summed E-state index contributed by atoms with van der Waals surface area (Å²) in [7, 11) is 0. The summed E-state index contributed by atoms with van der Waals surface area (Å²) in [5, 5.41) is 0.677. The molecule has 2 rings (SSSR count). The van der Waals surface area contributed by atoms with Gasteiger partial charge in [-0.3, -0.25) is 4.79 Å². The largest absolute Gasteiger partial charge is 0.340 e. The van der Waals surface area contributed by atoms with Gasteiger partial charge >= 0.3 is 0 Å². The number of amides is 1. The quantitative estimate of drug-likeness (QED) is 0.815. The highest BCUT2D eigenvalue weighted by Gasteiger charge is 2.24. The van der Waals surface area contributed by atoms with E-state index in [4.69, 9.17) is 11.6 Å². The second kappa shape index (κ2) is 5.40. The zero-order valence-corrected chi connectivity index (χ0v) is 12.1. The average molecular weight is 317 g/mol. The average Bonchev–Trinajstić information content (AvgIpc) is 2.70. The zero-order chi connectivity index (χ0) is 12.4. The summed E-state index contributed by atoms with van der Waals surface area (Å²) in [4.78, 5) is 14.1. The van der Waals surface area contributed by atoms with Gasteiger partial charge in [-0.15, -0.1) is 0 Å². The van der Waals surface area contributed by atoms with Crippen LogP contribution in [0, 0.1) is 0 Å². The Hall–Kier alpha value is -0.540. The lowest BCUT2D eigenvalue weighted by molar-refractivity contribution is -0.130. The minimum atomic E-state index is 0.212. The van der Waals surface area contributed by atoms with Gasteiger partial charge in [0.2, 0.25) is 5.91 Å². The lowest BCUT2D eigenvalue weighted by atomic mass is 10.1. The molecule has 0 spiro atoms. The molecular formula is C13H15BrClNO. The number of nitrogens with zero attached hydrogens (tertiary/aromatic N) is 1. The number of carbonyl (C=O) groups excluding carboxylic acids is 1. The first-order valence-corrected chi connectivity index (χ1v) is 6.98. The SMILES string of the molecule is CC1CCCN1C(=O)Cc1ccc(Cl)c(Br)c1. The maximum absolute atomic E-state index is 12.1. The van der Waals surface area contributed by atoms with Crippen molar-refractivity contribution in [3.8, 4) is 0 Å². The number of benzene rings is 1. The summed E-state index contributed by atoms with van der Waals surface area (Å²) in [6.07, 6.45) is 2.70. The van der Waals surface area contributed by atoms with Crippen LogP contribution in [0.25, 0.3) is 0 Å². The van der Waals surface area contributed by atoms with E-state index in [0.717, 1.165) is 29.4 Å². The molecule has 1 heterocycles. The third-order valence-corrected chi connectivity index (χ3v) is 4.43. The van der Waals surface area contributed by atoms with Crippen LogP contribution >= 0.6 is 27.5 Å². The first-order chi connectivity index (χ1) is 8.08. The third kappa shape index (κ3) is 3.02.